The van der Waals surface area contributed by atoms with Gasteiger partial charge in [0, 0.05) is 25.9 Å². The lowest BCUT2D eigenvalue weighted by Crippen LogP contribution is -3.04. The molecule has 0 amide bonds. The van der Waals surface area contributed by atoms with Crippen molar-refractivity contribution in [3.05, 3.63) is 23.9 Å². The van der Waals surface area contributed by atoms with Crippen molar-refractivity contribution >= 4 is 12.6 Å². The molecule has 1 spiro atoms. The summed E-state index contributed by atoms with van der Waals surface area (Å²) < 4.78 is 11.5. The van der Waals surface area contributed by atoms with E-state index in [-0.39, 0.29) is 18.2 Å². The smallest absolute Gasteiger partial charge is 0.203 e. The third-order valence-electron chi connectivity index (χ3n) is 4.06. The first-order valence-corrected chi connectivity index (χ1v) is 6.75. The summed E-state index contributed by atoms with van der Waals surface area (Å²) in [4.78, 5) is 12.2. The largest absolute Gasteiger partial charge is 1.00 e. The summed E-state index contributed by atoms with van der Waals surface area (Å²) in [5.41, 5.74) is 1.13. The van der Waals surface area contributed by atoms with E-state index in [1.165, 1.54) is 0 Å². The zero-order chi connectivity index (χ0) is 12.7. The van der Waals surface area contributed by atoms with Crippen LogP contribution in [0.1, 0.15) is 12.8 Å². The van der Waals surface area contributed by atoms with Gasteiger partial charge in [0.2, 0.25) is 12.0 Å². The molecule has 4 aliphatic heterocycles. The Morgan fingerprint density at radius 3 is 2.70 bits per heavy atom. The summed E-state index contributed by atoms with van der Waals surface area (Å²) in [5, 5.41) is 0. The van der Waals surface area contributed by atoms with Crippen molar-refractivity contribution in [3.8, 4) is 0 Å². The molecule has 1 N–H and O–H groups in total. The van der Waals surface area contributed by atoms with Crippen molar-refractivity contribution in [1.29, 1.82) is 0 Å². The van der Waals surface area contributed by atoms with Crippen molar-refractivity contribution in [2.24, 2.45) is 9.98 Å². The van der Waals surface area contributed by atoms with Gasteiger partial charge in [0.15, 0.2) is 11.6 Å². The summed E-state index contributed by atoms with van der Waals surface area (Å²) in [6, 6.07) is 0. The van der Waals surface area contributed by atoms with Gasteiger partial charge in [0.1, 0.15) is 6.20 Å². The van der Waals surface area contributed by atoms with Gasteiger partial charge in [-0.05, 0) is 0 Å². The molecule has 0 aromatic carbocycles. The summed E-state index contributed by atoms with van der Waals surface area (Å²) in [6.45, 7) is 3.28. The molecule has 6 nitrogen and oxygen atoms in total. The second kappa shape index (κ2) is 5.29. The van der Waals surface area contributed by atoms with E-state index in [1.54, 1.807) is 6.20 Å². The molecule has 20 heavy (non-hydrogen) atoms. The van der Waals surface area contributed by atoms with Crippen LogP contribution in [0, 0.1) is 0 Å². The Morgan fingerprint density at radius 1 is 1.20 bits per heavy atom. The number of ether oxygens (including phenoxy) is 2. The minimum atomic E-state index is -0.322. The Balaban J connectivity index is 0.00000121. The zero-order valence-electron chi connectivity index (χ0n) is 11.1. The van der Waals surface area contributed by atoms with E-state index >= 15 is 0 Å². The zero-order valence-corrected chi connectivity index (χ0v) is 11.8. The van der Waals surface area contributed by atoms with E-state index in [2.05, 4.69) is 14.9 Å². The number of quaternary nitrogens is 1. The maximum Gasteiger partial charge on any atom is 0.203 e. The number of allylic oxidation sites excluding steroid dienone is 1. The van der Waals surface area contributed by atoms with Gasteiger partial charge in [0.25, 0.3) is 0 Å². The maximum absolute atomic E-state index is 5.75. The van der Waals surface area contributed by atoms with Gasteiger partial charge < -0.3 is 26.8 Å². The Labute approximate surface area is 123 Å². The normalized spacial score (nSPS) is 30.0. The third kappa shape index (κ3) is 2.18. The van der Waals surface area contributed by atoms with E-state index in [4.69, 9.17) is 9.47 Å². The molecule has 108 valence electrons. The van der Waals surface area contributed by atoms with Gasteiger partial charge in [-0.2, -0.15) is 4.99 Å². The van der Waals surface area contributed by atoms with Crippen LogP contribution in [0.25, 0.3) is 0 Å². The number of hydrogen-bond donors (Lipinski definition) is 1. The topological polar surface area (TPSA) is 50.9 Å². The monoisotopic (exact) mass is 296 g/mol. The Bertz CT molecular complexity index is 499. The molecule has 0 aliphatic carbocycles. The minimum absolute atomic E-state index is 0. The van der Waals surface area contributed by atoms with E-state index < -0.39 is 0 Å². The average Bonchev–Trinajstić information content (AvgIpc) is 3.08. The molecule has 2 fully saturated rings. The highest BCUT2D eigenvalue weighted by molar-refractivity contribution is 5.81. The second-order valence-corrected chi connectivity index (χ2v) is 5.14. The predicted molar refractivity (Wildman–Crippen MR) is 69.6 cm³/mol. The molecule has 4 rings (SSSR count). The van der Waals surface area contributed by atoms with Gasteiger partial charge in [-0.25, -0.2) is 4.90 Å². The number of piperidine rings is 1. The quantitative estimate of drug-likeness (QED) is 0.546. The van der Waals surface area contributed by atoms with Crippen molar-refractivity contribution in [3.63, 3.8) is 0 Å². The van der Waals surface area contributed by atoms with Crippen molar-refractivity contribution in [1.82, 2.24) is 4.90 Å². The number of hydrogen-bond acceptors (Lipinski definition) is 5. The van der Waals surface area contributed by atoms with Gasteiger partial charge in [-0.3, -0.25) is 4.99 Å². The lowest BCUT2D eigenvalue weighted by Gasteiger charge is -2.38. The molecule has 4 heterocycles. The number of aliphatic imine (C=N–C) groups is 2. The highest BCUT2D eigenvalue weighted by Gasteiger charge is 2.41. The van der Waals surface area contributed by atoms with E-state index in [0.717, 1.165) is 55.6 Å². The van der Waals surface area contributed by atoms with Crippen LogP contribution in [-0.4, -0.2) is 49.5 Å². The Morgan fingerprint density at radius 2 is 1.95 bits per heavy atom. The molecule has 0 aromatic rings. The lowest BCUT2D eigenvalue weighted by molar-refractivity contribution is -0.682. The second-order valence-electron chi connectivity index (χ2n) is 5.14. The fraction of sp³-hybridized carbons (Fsp3) is 0.538. The SMILES string of the molecule is C1=C[NH+]2C=NC(N3CCC4(CC3)OCCO4)=C2C=N1.[Cl-]. The highest BCUT2D eigenvalue weighted by Crippen LogP contribution is 2.33. The molecule has 0 aromatic heterocycles. The third-order valence-corrected chi connectivity index (χ3v) is 4.06. The minimum Gasteiger partial charge on any atom is -1.00 e. The fourth-order valence-electron chi connectivity index (χ4n) is 3.00. The molecule has 0 bridgehead atoms. The van der Waals surface area contributed by atoms with Crippen LogP contribution in [0.3, 0.4) is 0 Å². The number of halogens is 1. The van der Waals surface area contributed by atoms with Crippen LogP contribution in [-0.2, 0) is 9.47 Å². The lowest BCUT2D eigenvalue weighted by atomic mass is 10.0. The molecule has 7 heteroatoms. The summed E-state index contributed by atoms with van der Waals surface area (Å²) in [5.74, 6) is 0.716. The molecule has 4 aliphatic rings. The number of fused-ring (bicyclic) bond motifs is 1. The van der Waals surface area contributed by atoms with Crippen LogP contribution in [0.5, 0.6) is 0 Å². The first-order valence-electron chi connectivity index (χ1n) is 6.75. The average molecular weight is 297 g/mol. The number of nitrogens with one attached hydrogen (secondary N) is 1. The maximum atomic E-state index is 5.75. The van der Waals surface area contributed by atoms with Crippen LogP contribution >= 0.6 is 0 Å². The standard InChI is InChI=1S/C13H16N4O2.ClH/c1-4-16(5-2-13(1)18-7-8-19-13)12-11-9-14-3-6-17(11)10-15-12;/h3,6,9-10H,1-2,4-5,7-8H2;1H. The molecule has 0 saturated carbocycles. The van der Waals surface area contributed by atoms with Gasteiger partial charge >= 0.3 is 0 Å². The number of rotatable bonds is 1. The van der Waals surface area contributed by atoms with Crippen molar-refractivity contribution < 1.29 is 26.8 Å². The van der Waals surface area contributed by atoms with Gasteiger partial charge in [0.05, 0.1) is 25.6 Å². The fourth-order valence-corrected chi connectivity index (χ4v) is 3.00. The van der Waals surface area contributed by atoms with Crippen molar-refractivity contribution in [2.75, 3.05) is 26.3 Å². The first-order chi connectivity index (χ1) is 9.36. The van der Waals surface area contributed by atoms with Gasteiger partial charge in [-0.1, -0.05) is 0 Å². The first kappa shape index (κ1) is 13.8. The molecule has 0 radical (unpaired) electrons. The van der Waals surface area contributed by atoms with Crippen LogP contribution in [0.15, 0.2) is 33.9 Å². The molecular weight excluding hydrogens is 280 g/mol. The Kier molecular flexibility index (Phi) is 3.64. The van der Waals surface area contributed by atoms with E-state index in [1.807, 2.05) is 18.8 Å². The van der Waals surface area contributed by atoms with Crippen molar-refractivity contribution in [2.45, 2.75) is 18.6 Å². The predicted octanol–water partition coefficient (Wildman–Crippen LogP) is -3.52. The van der Waals surface area contributed by atoms with Gasteiger partial charge in [-0.15, -0.1) is 0 Å². The van der Waals surface area contributed by atoms with Crippen LogP contribution < -0.4 is 17.3 Å². The number of likely N-dealkylation sites (tertiary alicyclic amines) is 1. The number of nitrogens with zero attached hydrogens (tertiary/aromatic N) is 3. The van der Waals surface area contributed by atoms with E-state index in [9.17, 15) is 0 Å². The summed E-state index contributed by atoms with van der Waals surface area (Å²) >= 11 is 0. The molecule has 1 atom stereocenters. The van der Waals surface area contributed by atoms with E-state index in [0.29, 0.717) is 0 Å². The van der Waals surface area contributed by atoms with Crippen LogP contribution in [0.4, 0.5) is 0 Å². The highest BCUT2D eigenvalue weighted by atomic mass is 35.5. The Hall–Kier alpha value is -1.21. The summed E-state index contributed by atoms with van der Waals surface area (Å²) in [6.07, 6.45) is 9.42. The molecule has 2 saturated heterocycles. The molecular formula is C13H17ClN4O2. The summed E-state index contributed by atoms with van der Waals surface area (Å²) in [7, 11) is 0. The van der Waals surface area contributed by atoms with Crippen LogP contribution in [0.2, 0.25) is 0 Å². The molecule has 1 unspecified atom stereocenters.